The number of rotatable bonds is 4. The van der Waals surface area contributed by atoms with Gasteiger partial charge in [0.2, 0.25) is 5.13 Å². The fourth-order valence-electron chi connectivity index (χ4n) is 2.58. The number of aromatic nitrogens is 1. The zero-order chi connectivity index (χ0) is 17.2. The van der Waals surface area contributed by atoms with E-state index in [9.17, 15) is 0 Å². The number of hydrogen-bond acceptors (Lipinski definition) is 5. The van der Waals surface area contributed by atoms with Crippen molar-refractivity contribution in [1.82, 2.24) is 4.98 Å². The number of halogens is 1. The molecule has 2 aromatic carbocycles. The van der Waals surface area contributed by atoms with E-state index < -0.39 is 0 Å². The van der Waals surface area contributed by atoms with Crippen molar-refractivity contribution in [2.75, 3.05) is 5.43 Å². The van der Waals surface area contributed by atoms with Gasteiger partial charge in [0.1, 0.15) is 0 Å². The van der Waals surface area contributed by atoms with Crippen LogP contribution < -0.4 is 5.43 Å². The molecule has 3 nitrogen and oxygen atoms in total. The van der Waals surface area contributed by atoms with E-state index in [1.54, 1.807) is 11.3 Å². The summed E-state index contributed by atoms with van der Waals surface area (Å²) in [5, 5.41) is 9.04. The summed E-state index contributed by atoms with van der Waals surface area (Å²) in [5.74, 6) is 0. The minimum atomic E-state index is 0.698. The van der Waals surface area contributed by atoms with Crippen LogP contribution in [0.2, 0.25) is 5.02 Å². The summed E-state index contributed by atoms with van der Waals surface area (Å²) in [6.07, 6.45) is 1.86. The zero-order valence-corrected chi connectivity index (χ0v) is 15.8. The number of nitrogens with zero attached hydrogens (tertiary/aromatic N) is 2. The van der Waals surface area contributed by atoms with Crippen LogP contribution in [0.5, 0.6) is 0 Å². The molecular formula is C19H14ClN3S2. The van der Waals surface area contributed by atoms with Crippen molar-refractivity contribution in [2.45, 2.75) is 6.92 Å². The van der Waals surface area contributed by atoms with Crippen LogP contribution in [0.15, 0.2) is 59.0 Å². The maximum atomic E-state index is 6.22. The van der Waals surface area contributed by atoms with Crippen molar-refractivity contribution in [1.29, 1.82) is 0 Å². The second-order valence-corrected chi connectivity index (χ2v) is 7.82. The Hall–Kier alpha value is -2.21. The molecule has 0 spiro atoms. The quantitative estimate of drug-likeness (QED) is 0.325. The largest absolute Gasteiger partial charge is 0.253 e. The highest BCUT2D eigenvalue weighted by atomic mass is 35.5. The molecule has 1 N–H and O–H groups in total. The third-order valence-corrected chi connectivity index (χ3v) is 6.16. The van der Waals surface area contributed by atoms with Crippen LogP contribution in [0.1, 0.15) is 10.4 Å². The molecule has 0 unspecified atom stereocenters. The Labute approximate surface area is 158 Å². The summed E-state index contributed by atoms with van der Waals surface area (Å²) >= 11 is 9.47. The van der Waals surface area contributed by atoms with Crippen molar-refractivity contribution in [2.24, 2.45) is 5.10 Å². The molecule has 4 rings (SSSR count). The molecule has 124 valence electrons. The number of thiophene rings is 1. The Morgan fingerprint density at radius 3 is 2.76 bits per heavy atom. The van der Waals surface area contributed by atoms with Crippen LogP contribution in [-0.4, -0.2) is 11.2 Å². The number of benzene rings is 2. The molecule has 0 aliphatic heterocycles. The molecule has 2 heterocycles. The topological polar surface area (TPSA) is 37.3 Å². The molecule has 0 saturated heterocycles. The van der Waals surface area contributed by atoms with Crippen LogP contribution in [0.3, 0.4) is 0 Å². The number of aryl methyl sites for hydroxylation is 1. The van der Waals surface area contributed by atoms with Gasteiger partial charge in [-0.3, -0.25) is 5.43 Å². The maximum absolute atomic E-state index is 6.22. The third-order valence-electron chi connectivity index (χ3n) is 3.88. The fourth-order valence-corrected chi connectivity index (χ4v) is 4.56. The lowest BCUT2D eigenvalue weighted by atomic mass is 10.1. The molecule has 4 aromatic rings. The average molecular weight is 384 g/mol. The smallest absolute Gasteiger partial charge is 0.203 e. The molecule has 0 bridgehead atoms. The number of fused-ring (bicyclic) bond motifs is 1. The molecule has 0 aliphatic rings. The van der Waals surface area contributed by atoms with Gasteiger partial charge < -0.3 is 0 Å². The van der Waals surface area contributed by atoms with E-state index in [4.69, 9.17) is 11.6 Å². The summed E-state index contributed by atoms with van der Waals surface area (Å²) in [6.45, 7) is 2.12. The number of hydrazone groups is 1. The van der Waals surface area contributed by atoms with Crippen molar-refractivity contribution in [3.8, 4) is 11.3 Å². The van der Waals surface area contributed by atoms with Gasteiger partial charge in [-0.15, -0.1) is 22.7 Å². The highest BCUT2D eigenvalue weighted by molar-refractivity contribution is 7.20. The Morgan fingerprint density at radius 1 is 1.12 bits per heavy atom. The molecule has 0 saturated carbocycles. The summed E-state index contributed by atoms with van der Waals surface area (Å²) in [7, 11) is 0. The average Bonchev–Trinajstić information content (AvgIpc) is 3.21. The van der Waals surface area contributed by atoms with Crippen LogP contribution in [0.25, 0.3) is 21.3 Å². The van der Waals surface area contributed by atoms with E-state index >= 15 is 0 Å². The number of hydrogen-bond donors (Lipinski definition) is 1. The van der Waals surface area contributed by atoms with E-state index in [-0.39, 0.29) is 0 Å². The molecule has 2 aromatic heterocycles. The predicted octanol–water partition coefficient (Wildman–Crippen LogP) is 6.43. The predicted molar refractivity (Wildman–Crippen MR) is 110 cm³/mol. The molecule has 0 amide bonds. The minimum absolute atomic E-state index is 0.698. The zero-order valence-electron chi connectivity index (χ0n) is 13.4. The summed E-state index contributed by atoms with van der Waals surface area (Å²) in [6, 6.07) is 16.1. The third kappa shape index (κ3) is 3.31. The lowest BCUT2D eigenvalue weighted by molar-refractivity contribution is 1.29. The molecule has 0 aliphatic carbocycles. The van der Waals surface area contributed by atoms with Crippen LogP contribution in [0, 0.1) is 6.92 Å². The number of thiazole rings is 1. The monoisotopic (exact) mass is 383 g/mol. The van der Waals surface area contributed by atoms with Crippen molar-refractivity contribution in [3.63, 3.8) is 0 Å². The van der Waals surface area contributed by atoms with Gasteiger partial charge in [-0.1, -0.05) is 48.0 Å². The van der Waals surface area contributed by atoms with Crippen molar-refractivity contribution < 1.29 is 0 Å². The number of anilines is 1. The van der Waals surface area contributed by atoms with Gasteiger partial charge >= 0.3 is 0 Å². The van der Waals surface area contributed by atoms with E-state index in [0.717, 1.165) is 21.3 Å². The second-order valence-electron chi connectivity index (χ2n) is 5.48. The van der Waals surface area contributed by atoms with Gasteiger partial charge in [0.05, 0.1) is 16.8 Å². The number of nitrogens with one attached hydrogen (secondary N) is 1. The van der Waals surface area contributed by atoms with Crippen molar-refractivity contribution in [3.05, 3.63) is 69.4 Å². The van der Waals surface area contributed by atoms with Crippen LogP contribution in [0.4, 0.5) is 5.13 Å². The van der Waals surface area contributed by atoms with E-state index in [1.165, 1.54) is 27.0 Å². The molecular weight excluding hydrogens is 370 g/mol. The Kier molecular flexibility index (Phi) is 4.53. The van der Waals surface area contributed by atoms with Gasteiger partial charge in [0.25, 0.3) is 0 Å². The Balaban J connectivity index is 1.52. The Bertz CT molecular complexity index is 1070. The van der Waals surface area contributed by atoms with E-state index in [0.29, 0.717) is 5.02 Å². The summed E-state index contributed by atoms with van der Waals surface area (Å²) in [5.41, 5.74) is 6.05. The van der Waals surface area contributed by atoms with Crippen LogP contribution >= 0.6 is 34.3 Å². The normalized spacial score (nSPS) is 11.4. The minimum Gasteiger partial charge on any atom is -0.253 e. The van der Waals surface area contributed by atoms with Gasteiger partial charge in [0, 0.05) is 20.7 Å². The summed E-state index contributed by atoms with van der Waals surface area (Å²) in [4.78, 5) is 5.70. The van der Waals surface area contributed by atoms with Gasteiger partial charge in [-0.25, -0.2) is 4.98 Å². The first-order valence-corrected chi connectivity index (χ1v) is 9.77. The van der Waals surface area contributed by atoms with Gasteiger partial charge in [-0.2, -0.15) is 5.10 Å². The maximum Gasteiger partial charge on any atom is 0.203 e. The van der Waals surface area contributed by atoms with Crippen molar-refractivity contribution >= 4 is 55.7 Å². The highest BCUT2D eigenvalue weighted by Crippen LogP contribution is 2.31. The van der Waals surface area contributed by atoms with Gasteiger partial charge in [-0.05, 0) is 30.0 Å². The first-order chi connectivity index (χ1) is 12.2. The SMILES string of the molecule is Cc1c(C=NNc2nc(-c3ccccc3Cl)cs2)sc2ccccc12. The van der Waals surface area contributed by atoms with Gasteiger partial charge in [0.15, 0.2) is 0 Å². The fraction of sp³-hybridized carbons (Fsp3) is 0.0526. The molecule has 0 atom stereocenters. The van der Waals surface area contributed by atoms with E-state index in [1.807, 2.05) is 35.9 Å². The van der Waals surface area contributed by atoms with Crippen LogP contribution in [-0.2, 0) is 0 Å². The standard InChI is InChI=1S/C19H14ClN3S2/c1-12-13-6-3-5-9-17(13)25-18(12)10-21-23-19-22-16(11-24-19)14-7-2-4-8-15(14)20/h2-11H,1H3,(H,22,23). The molecule has 0 fully saturated rings. The highest BCUT2D eigenvalue weighted by Gasteiger charge is 2.08. The Morgan fingerprint density at radius 2 is 1.92 bits per heavy atom. The molecule has 0 radical (unpaired) electrons. The van der Waals surface area contributed by atoms with E-state index in [2.05, 4.69) is 46.7 Å². The second kappa shape index (κ2) is 6.96. The first-order valence-electron chi connectivity index (χ1n) is 7.70. The summed E-state index contributed by atoms with van der Waals surface area (Å²) < 4.78 is 1.27. The lowest BCUT2D eigenvalue weighted by Crippen LogP contribution is -1.90. The lowest BCUT2D eigenvalue weighted by Gasteiger charge is -1.98. The first kappa shape index (κ1) is 16.3. The molecule has 6 heteroatoms. The molecule has 25 heavy (non-hydrogen) atoms.